The minimum atomic E-state index is -2.47. The van der Waals surface area contributed by atoms with Gasteiger partial charge in [0.2, 0.25) is 5.91 Å². The number of benzene rings is 1. The van der Waals surface area contributed by atoms with Crippen molar-refractivity contribution in [2.75, 3.05) is 25.5 Å². The van der Waals surface area contributed by atoms with Crippen LogP contribution in [0, 0.1) is 12.8 Å². The molecule has 8 heteroatoms. The summed E-state index contributed by atoms with van der Waals surface area (Å²) in [6, 6.07) is 8.30. The quantitative estimate of drug-likeness (QED) is 0.805. The molecule has 4 rings (SSSR count). The van der Waals surface area contributed by atoms with Crippen molar-refractivity contribution in [3.63, 3.8) is 0 Å². The average Bonchev–Trinajstić information content (AvgIpc) is 3.13. The van der Waals surface area contributed by atoms with Crippen molar-refractivity contribution >= 4 is 11.7 Å². The topological polar surface area (TPSA) is 59.4 Å². The number of carbonyl (C=O) groups is 1. The number of aromatic nitrogens is 2. The maximum atomic E-state index is 13.7. The third kappa shape index (κ3) is 4.27. The fourth-order valence-corrected chi connectivity index (χ4v) is 4.60. The van der Waals surface area contributed by atoms with Gasteiger partial charge in [0, 0.05) is 25.2 Å². The van der Waals surface area contributed by atoms with E-state index in [0.29, 0.717) is 31.7 Å². The minimum Gasteiger partial charge on any atom is -0.497 e. The van der Waals surface area contributed by atoms with Gasteiger partial charge in [0.25, 0.3) is 6.43 Å². The Balaban J connectivity index is 1.42. The largest absolute Gasteiger partial charge is 0.497 e. The summed E-state index contributed by atoms with van der Waals surface area (Å²) in [6.07, 6.45) is -0.0108. The zero-order valence-electron chi connectivity index (χ0n) is 17.4. The number of amides is 1. The van der Waals surface area contributed by atoms with Crippen molar-refractivity contribution in [2.24, 2.45) is 5.92 Å². The van der Waals surface area contributed by atoms with Crippen LogP contribution in [-0.4, -0.2) is 53.3 Å². The molecule has 3 atom stereocenters. The molecule has 0 bridgehead atoms. The van der Waals surface area contributed by atoms with Crippen LogP contribution in [0.25, 0.3) is 0 Å². The molecule has 3 heterocycles. The first-order valence-electron chi connectivity index (χ1n) is 10.5. The monoisotopic (exact) mass is 418 g/mol. The van der Waals surface area contributed by atoms with Crippen LogP contribution in [0.3, 0.4) is 0 Å². The highest BCUT2D eigenvalue weighted by molar-refractivity contribution is 5.79. The third-order valence-corrected chi connectivity index (χ3v) is 6.19. The van der Waals surface area contributed by atoms with Crippen LogP contribution < -0.4 is 10.1 Å². The van der Waals surface area contributed by atoms with Crippen molar-refractivity contribution in [1.82, 2.24) is 14.7 Å². The van der Waals surface area contributed by atoms with Gasteiger partial charge in [-0.3, -0.25) is 4.79 Å². The van der Waals surface area contributed by atoms with Gasteiger partial charge < -0.3 is 15.0 Å². The van der Waals surface area contributed by atoms with Crippen LogP contribution in [0.1, 0.15) is 36.6 Å². The van der Waals surface area contributed by atoms with E-state index in [0.717, 1.165) is 29.8 Å². The van der Waals surface area contributed by atoms with Gasteiger partial charge in [0.05, 0.1) is 19.2 Å². The second kappa shape index (κ2) is 8.62. The van der Waals surface area contributed by atoms with Crippen LogP contribution in [0.5, 0.6) is 5.75 Å². The van der Waals surface area contributed by atoms with E-state index in [2.05, 4.69) is 10.4 Å². The van der Waals surface area contributed by atoms with Gasteiger partial charge in [-0.25, -0.2) is 13.5 Å². The predicted molar refractivity (Wildman–Crippen MR) is 110 cm³/mol. The number of aryl methyl sites for hydroxylation is 1. The van der Waals surface area contributed by atoms with Crippen LogP contribution in [0.2, 0.25) is 0 Å². The number of fused-ring (bicyclic) bond motifs is 1. The van der Waals surface area contributed by atoms with E-state index in [1.165, 1.54) is 4.68 Å². The summed E-state index contributed by atoms with van der Waals surface area (Å²) >= 11 is 0. The van der Waals surface area contributed by atoms with Gasteiger partial charge in [0.15, 0.2) is 0 Å². The maximum absolute atomic E-state index is 13.7. The molecule has 0 spiro atoms. The van der Waals surface area contributed by atoms with Crippen molar-refractivity contribution < 1.29 is 18.3 Å². The molecule has 1 amide bonds. The molecule has 1 saturated heterocycles. The lowest BCUT2D eigenvalue weighted by atomic mass is 9.85. The number of hydrogen-bond donors (Lipinski definition) is 1. The lowest BCUT2D eigenvalue weighted by Crippen LogP contribution is -2.48. The summed E-state index contributed by atoms with van der Waals surface area (Å²) < 4.78 is 34.0. The first-order chi connectivity index (χ1) is 14.4. The molecule has 1 fully saturated rings. The number of rotatable bonds is 5. The van der Waals surface area contributed by atoms with Gasteiger partial charge in [0.1, 0.15) is 17.6 Å². The zero-order chi connectivity index (χ0) is 21.3. The molecule has 30 heavy (non-hydrogen) atoms. The molecule has 0 aliphatic carbocycles. The number of alkyl halides is 2. The third-order valence-electron chi connectivity index (χ3n) is 6.19. The molecule has 0 radical (unpaired) electrons. The molecule has 1 aromatic carbocycles. The van der Waals surface area contributed by atoms with Gasteiger partial charge in [-0.2, -0.15) is 5.10 Å². The van der Waals surface area contributed by atoms with E-state index >= 15 is 0 Å². The van der Waals surface area contributed by atoms with E-state index in [9.17, 15) is 13.6 Å². The Kier molecular flexibility index (Phi) is 5.92. The van der Waals surface area contributed by atoms with E-state index < -0.39 is 12.5 Å². The lowest BCUT2D eigenvalue weighted by molar-refractivity contribution is -0.132. The number of piperidine rings is 1. The SMILES string of the molecule is COc1ccc(CC(=O)N2CCC[C@H]([C@@H]3C[C@H](C(F)F)n4nc(C)cc4N3)C2)cc1. The predicted octanol–water partition coefficient (Wildman–Crippen LogP) is 3.67. The summed E-state index contributed by atoms with van der Waals surface area (Å²) in [7, 11) is 1.61. The van der Waals surface area contributed by atoms with Gasteiger partial charge >= 0.3 is 0 Å². The van der Waals surface area contributed by atoms with E-state index in [1.54, 1.807) is 7.11 Å². The Morgan fingerprint density at radius 1 is 1.33 bits per heavy atom. The molecule has 0 saturated carbocycles. The number of likely N-dealkylation sites (tertiary alicyclic amines) is 1. The number of hydrogen-bond acceptors (Lipinski definition) is 4. The number of methoxy groups -OCH3 is 1. The summed E-state index contributed by atoms with van der Waals surface area (Å²) in [5, 5.41) is 7.65. The van der Waals surface area contributed by atoms with Crippen LogP contribution in [0.4, 0.5) is 14.6 Å². The fourth-order valence-electron chi connectivity index (χ4n) is 4.60. The molecule has 1 N–H and O–H groups in total. The molecule has 2 aromatic rings. The summed E-state index contributed by atoms with van der Waals surface area (Å²) in [4.78, 5) is 14.7. The maximum Gasteiger partial charge on any atom is 0.260 e. The summed E-state index contributed by atoms with van der Waals surface area (Å²) in [5.41, 5.74) is 1.67. The van der Waals surface area contributed by atoms with Crippen molar-refractivity contribution in [2.45, 2.75) is 51.1 Å². The molecule has 162 valence electrons. The molecule has 1 aromatic heterocycles. The van der Waals surface area contributed by atoms with Gasteiger partial charge in [-0.1, -0.05) is 12.1 Å². The first-order valence-corrected chi connectivity index (χ1v) is 10.5. The Morgan fingerprint density at radius 3 is 2.80 bits per heavy atom. The van der Waals surface area contributed by atoms with Crippen molar-refractivity contribution in [3.8, 4) is 5.75 Å². The number of carbonyl (C=O) groups excluding carboxylic acids is 1. The zero-order valence-corrected chi connectivity index (χ0v) is 17.4. The molecular formula is C22H28F2N4O2. The number of nitrogens with one attached hydrogen (secondary N) is 1. The summed E-state index contributed by atoms with van der Waals surface area (Å²) in [6.45, 7) is 3.12. The highest BCUT2D eigenvalue weighted by atomic mass is 19.3. The lowest BCUT2D eigenvalue weighted by Gasteiger charge is -2.41. The highest BCUT2D eigenvalue weighted by Gasteiger charge is 2.38. The minimum absolute atomic E-state index is 0.0759. The van der Waals surface area contributed by atoms with Gasteiger partial charge in [-0.05, 0) is 49.8 Å². The van der Waals surface area contributed by atoms with Crippen LogP contribution in [0.15, 0.2) is 30.3 Å². The Bertz CT molecular complexity index is 884. The number of halogens is 2. The molecule has 0 unspecified atom stereocenters. The Hall–Kier alpha value is -2.64. The molecular weight excluding hydrogens is 390 g/mol. The highest BCUT2D eigenvalue weighted by Crippen LogP contribution is 2.36. The molecule has 6 nitrogen and oxygen atoms in total. The standard InChI is InChI=1S/C22H28F2N4O2/c1-14-10-20-25-18(12-19(22(23)24)28(20)26-14)16-4-3-9-27(13-16)21(29)11-15-5-7-17(30-2)8-6-15/h5-8,10,16,18-19,22,25H,3-4,9,11-13H2,1-2H3/t16-,18-,19+/m0/s1. The Morgan fingerprint density at radius 2 is 2.10 bits per heavy atom. The summed E-state index contributed by atoms with van der Waals surface area (Å²) in [5.74, 6) is 1.63. The second-order valence-electron chi connectivity index (χ2n) is 8.27. The normalized spacial score (nSPS) is 23.8. The van der Waals surface area contributed by atoms with Crippen LogP contribution >= 0.6 is 0 Å². The molecule has 2 aliphatic rings. The van der Waals surface area contributed by atoms with E-state index in [4.69, 9.17) is 4.74 Å². The van der Waals surface area contributed by atoms with Gasteiger partial charge in [-0.15, -0.1) is 0 Å². The molecule has 2 aliphatic heterocycles. The van der Waals surface area contributed by atoms with Crippen molar-refractivity contribution in [3.05, 3.63) is 41.6 Å². The number of anilines is 1. The first kappa shape index (κ1) is 20.6. The average molecular weight is 418 g/mol. The Labute approximate surface area is 175 Å². The smallest absolute Gasteiger partial charge is 0.260 e. The van der Waals surface area contributed by atoms with E-state index in [1.807, 2.05) is 42.2 Å². The second-order valence-corrected chi connectivity index (χ2v) is 8.27. The van der Waals surface area contributed by atoms with Crippen molar-refractivity contribution in [1.29, 1.82) is 0 Å². The van der Waals surface area contributed by atoms with E-state index in [-0.39, 0.29) is 17.9 Å². The van der Waals surface area contributed by atoms with Crippen LogP contribution in [-0.2, 0) is 11.2 Å². The number of nitrogens with zero attached hydrogens (tertiary/aromatic N) is 3. The fraction of sp³-hybridized carbons (Fsp3) is 0.545. The number of ether oxygens (including phenoxy) is 1.